The fraction of sp³-hybridized carbons (Fsp3) is 0.684. The Balaban J connectivity index is 1.74. The van der Waals surface area contributed by atoms with Crippen LogP contribution in [0.15, 0.2) is 24.3 Å². The zero-order valence-corrected chi connectivity index (χ0v) is 15.4. The Morgan fingerprint density at radius 2 is 1.92 bits per heavy atom. The molecule has 2 N–H and O–H groups in total. The van der Waals surface area contributed by atoms with Crippen LogP contribution in [0.1, 0.15) is 32.3 Å². The van der Waals surface area contributed by atoms with Crippen molar-refractivity contribution in [2.45, 2.75) is 56.9 Å². The summed E-state index contributed by atoms with van der Waals surface area (Å²) < 4.78 is 6.04. The van der Waals surface area contributed by atoms with Crippen molar-refractivity contribution >= 4 is 11.6 Å². The highest BCUT2D eigenvalue weighted by molar-refractivity contribution is 6.30. The first-order valence-electron chi connectivity index (χ1n) is 8.98. The smallest absolute Gasteiger partial charge is 0.0983 e. The predicted molar refractivity (Wildman–Crippen MR) is 97.6 cm³/mol. The summed E-state index contributed by atoms with van der Waals surface area (Å²) in [6, 6.07) is 9.03. The zero-order chi connectivity index (χ0) is 17.2. The molecule has 1 aromatic rings. The van der Waals surface area contributed by atoms with E-state index in [2.05, 4.69) is 22.3 Å². The molecule has 2 atom stereocenters. The van der Waals surface area contributed by atoms with E-state index in [9.17, 15) is 5.11 Å². The van der Waals surface area contributed by atoms with E-state index in [1.54, 1.807) is 0 Å². The first-order valence-corrected chi connectivity index (χ1v) is 9.36. The van der Waals surface area contributed by atoms with Gasteiger partial charge in [0.05, 0.1) is 18.3 Å². The second-order valence-electron chi connectivity index (χ2n) is 7.64. The topological polar surface area (TPSA) is 44.7 Å². The van der Waals surface area contributed by atoms with E-state index >= 15 is 0 Å². The third-order valence-corrected chi connectivity index (χ3v) is 5.54. The standard InChI is InChI=1S/C19H29ClN2O2/c1-19(2,23)18-12-22(16-7-9-21-10-8-16)17(13-24-18)11-14-3-5-15(20)6-4-14/h3-6,16-18,21,23H,7-13H2,1-2H3/t17?,18-/m1/s1. The van der Waals surface area contributed by atoms with Crippen molar-refractivity contribution in [3.8, 4) is 0 Å². The van der Waals surface area contributed by atoms with Crippen LogP contribution in [0, 0.1) is 0 Å². The molecule has 3 rings (SSSR count). The Morgan fingerprint density at radius 3 is 2.54 bits per heavy atom. The van der Waals surface area contributed by atoms with Gasteiger partial charge in [-0.05, 0) is 63.9 Å². The summed E-state index contributed by atoms with van der Waals surface area (Å²) in [7, 11) is 0. The molecule has 0 amide bonds. The molecule has 24 heavy (non-hydrogen) atoms. The van der Waals surface area contributed by atoms with Gasteiger partial charge in [0, 0.05) is 23.7 Å². The quantitative estimate of drug-likeness (QED) is 0.873. The van der Waals surface area contributed by atoms with Gasteiger partial charge in [0.2, 0.25) is 0 Å². The van der Waals surface area contributed by atoms with Gasteiger partial charge in [-0.3, -0.25) is 4.90 Å². The molecule has 0 aromatic heterocycles. The third kappa shape index (κ3) is 4.50. The molecule has 4 nitrogen and oxygen atoms in total. The summed E-state index contributed by atoms with van der Waals surface area (Å²) in [6.07, 6.45) is 3.15. The van der Waals surface area contributed by atoms with Crippen LogP contribution in [0.2, 0.25) is 5.02 Å². The molecule has 0 bridgehead atoms. The highest BCUT2D eigenvalue weighted by Gasteiger charge is 2.39. The van der Waals surface area contributed by atoms with Crippen LogP contribution in [0.3, 0.4) is 0 Å². The molecular weight excluding hydrogens is 324 g/mol. The van der Waals surface area contributed by atoms with Gasteiger partial charge in [-0.15, -0.1) is 0 Å². The third-order valence-electron chi connectivity index (χ3n) is 5.29. The first kappa shape index (κ1) is 18.2. The molecule has 2 heterocycles. The Kier molecular flexibility index (Phi) is 5.83. The van der Waals surface area contributed by atoms with Gasteiger partial charge in [0.1, 0.15) is 0 Å². The Morgan fingerprint density at radius 1 is 1.25 bits per heavy atom. The molecule has 134 valence electrons. The lowest BCUT2D eigenvalue weighted by Gasteiger charge is -2.48. The minimum Gasteiger partial charge on any atom is -0.388 e. The van der Waals surface area contributed by atoms with E-state index < -0.39 is 5.60 Å². The predicted octanol–water partition coefficient (Wildman–Crippen LogP) is 2.47. The number of morpholine rings is 1. The number of hydrogen-bond donors (Lipinski definition) is 2. The highest BCUT2D eigenvalue weighted by atomic mass is 35.5. The van der Waals surface area contributed by atoms with Gasteiger partial charge >= 0.3 is 0 Å². The number of rotatable bonds is 4. The van der Waals surface area contributed by atoms with E-state index in [1.165, 1.54) is 5.56 Å². The van der Waals surface area contributed by atoms with Crippen LogP contribution < -0.4 is 5.32 Å². The molecule has 5 heteroatoms. The number of benzene rings is 1. The Labute approximate surface area is 150 Å². The number of nitrogens with zero attached hydrogens (tertiary/aromatic N) is 1. The van der Waals surface area contributed by atoms with E-state index in [0.717, 1.165) is 43.9 Å². The van der Waals surface area contributed by atoms with Gasteiger partial charge in [0.15, 0.2) is 0 Å². The van der Waals surface area contributed by atoms with Crippen LogP contribution in [0.5, 0.6) is 0 Å². The molecule has 0 radical (unpaired) electrons. The van der Waals surface area contributed by atoms with Crippen molar-refractivity contribution in [3.63, 3.8) is 0 Å². The molecule has 2 aliphatic heterocycles. The van der Waals surface area contributed by atoms with Crippen LogP contribution in [-0.2, 0) is 11.2 Å². The largest absolute Gasteiger partial charge is 0.388 e. The number of halogens is 1. The van der Waals surface area contributed by atoms with E-state index in [4.69, 9.17) is 16.3 Å². The maximum absolute atomic E-state index is 10.4. The van der Waals surface area contributed by atoms with Crippen LogP contribution in [0.4, 0.5) is 0 Å². The second kappa shape index (κ2) is 7.71. The molecule has 2 saturated heterocycles. The van der Waals surface area contributed by atoms with Gasteiger partial charge in [-0.25, -0.2) is 0 Å². The number of piperidine rings is 1. The number of aliphatic hydroxyl groups is 1. The van der Waals surface area contributed by atoms with Gasteiger partial charge in [0.25, 0.3) is 0 Å². The fourth-order valence-electron chi connectivity index (χ4n) is 3.80. The summed E-state index contributed by atoms with van der Waals surface area (Å²) in [6.45, 7) is 7.30. The number of ether oxygens (including phenoxy) is 1. The van der Waals surface area contributed by atoms with Crippen molar-refractivity contribution in [1.29, 1.82) is 0 Å². The molecule has 2 aliphatic rings. The maximum Gasteiger partial charge on any atom is 0.0983 e. The minimum absolute atomic E-state index is 0.131. The van der Waals surface area contributed by atoms with Crippen molar-refractivity contribution in [3.05, 3.63) is 34.9 Å². The van der Waals surface area contributed by atoms with Crippen molar-refractivity contribution in [1.82, 2.24) is 10.2 Å². The lowest BCUT2D eigenvalue weighted by Crippen LogP contribution is -2.60. The fourth-order valence-corrected chi connectivity index (χ4v) is 3.92. The lowest BCUT2D eigenvalue weighted by molar-refractivity contribution is -0.154. The summed E-state index contributed by atoms with van der Waals surface area (Å²) >= 11 is 6.00. The summed E-state index contributed by atoms with van der Waals surface area (Å²) in [5.41, 5.74) is 0.477. The van der Waals surface area contributed by atoms with Crippen LogP contribution in [0.25, 0.3) is 0 Å². The molecule has 0 spiro atoms. The van der Waals surface area contributed by atoms with E-state index in [0.29, 0.717) is 18.7 Å². The van der Waals surface area contributed by atoms with Gasteiger partial charge in [-0.2, -0.15) is 0 Å². The first-order chi connectivity index (χ1) is 11.4. The highest BCUT2D eigenvalue weighted by Crippen LogP contribution is 2.27. The molecule has 1 unspecified atom stereocenters. The van der Waals surface area contributed by atoms with Crippen LogP contribution in [-0.4, -0.2) is 60.0 Å². The zero-order valence-electron chi connectivity index (χ0n) is 14.7. The van der Waals surface area contributed by atoms with Crippen LogP contribution >= 0.6 is 11.6 Å². The molecule has 0 aliphatic carbocycles. The normalized spacial score (nSPS) is 27.3. The average molecular weight is 353 g/mol. The summed E-state index contributed by atoms with van der Waals surface area (Å²) in [5.74, 6) is 0. The summed E-state index contributed by atoms with van der Waals surface area (Å²) in [5, 5.41) is 14.6. The number of hydrogen-bond acceptors (Lipinski definition) is 4. The maximum atomic E-state index is 10.4. The Hall–Kier alpha value is -0.650. The van der Waals surface area contributed by atoms with Gasteiger partial charge in [-0.1, -0.05) is 23.7 Å². The van der Waals surface area contributed by atoms with Crippen molar-refractivity contribution < 1.29 is 9.84 Å². The lowest BCUT2D eigenvalue weighted by atomic mass is 9.93. The SMILES string of the molecule is CC(C)(O)[C@H]1CN(C2CCNCC2)C(Cc2ccc(Cl)cc2)CO1. The molecule has 1 aromatic carbocycles. The molecule has 2 fully saturated rings. The Bertz CT molecular complexity index is 523. The van der Waals surface area contributed by atoms with Crippen molar-refractivity contribution in [2.24, 2.45) is 0 Å². The van der Waals surface area contributed by atoms with E-state index in [1.807, 2.05) is 26.0 Å². The molecule has 0 saturated carbocycles. The molecular formula is C19H29ClN2O2. The second-order valence-corrected chi connectivity index (χ2v) is 8.07. The average Bonchev–Trinajstić information content (AvgIpc) is 2.57. The number of nitrogens with one attached hydrogen (secondary N) is 1. The van der Waals surface area contributed by atoms with Gasteiger partial charge < -0.3 is 15.2 Å². The monoisotopic (exact) mass is 352 g/mol. The van der Waals surface area contributed by atoms with E-state index in [-0.39, 0.29) is 6.10 Å². The van der Waals surface area contributed by atoms with Crippen molar-refractivity contribution in [2.75, 3.05) is 26.2 Å². The minimum atomic E-state index is -0.809. The summed E-state index contributed by atoms with van der Waals surface area (Å²) in [4.78, 5) is 2.58.